The van der Waals surface area contributed by atoms with Crippen molar-refractivity contribution >= 4 is 17.0 Å². The Balaban J connectivity index is 1.54. The van der Waals surface area contributed by atoms with Gasteiger partial charge in [0, 0.05) is 18.7 Å². The highest BCUT2D eigenvalue weighted by molar-refractivity contribution is 5.94. The summed E-state index contributed by atoms with van der Waals surface area (Å²) in [6.45, 7) is 1.27. The van der Waals surface area contributed by atoms with E-state index in [4.69, 9.17) is 4.42 Å². The minimum absolute atomic E-state index is 0.0733. The van der Waals surface area contributed by atoms with Crippen molar-refractivity contribution in [2.75, 3.05) is 13.1 Å². The van der Waals surface area contributed by atoms with Crippen molar-refractivity contribution in [2.24, 2.45) is 0 Å². The predicted molar refractivity (Wildman–Crippen MR) is 88.3 cm³/mol. The largest absolute Gasteiger partial charge is 0.440 e. The van der Waals surface area contributed by atoms with Crippen LogP contribution in [0.5, 0.6) is 0 Å². The van der Waals surface area contributed by atoms with Gasteiger partial charge in [-0.1, -0.05) is 12.1 Å². The van der Waals surface area contributed by atoms with Crippen LogP contribution in [-0.2, 0) is 0 Å². The Morgan fingerprint density at radius 3 is 2.75 bits per heavy atom. The number of hydrogen-bond acceptors (Lipinski definition) is 3. The second-order valence-corrected chi connectivity index (χ2v) is 6.12. The van der Waals surface area contributed by atoms with E-state index in [1.54, 1.807) is 4.90 Å². The van der Waals surface area contributed by atoms with Gasteiger partial charge in [0.2, 0.25) is 0 Å². The molecular weight excluding hydrogens is 307 g/mol. The Bertz CT molecular complexity index is 839. The number of oxazole rings is 1. The van der Waals surface area contributed by atoms with Crippen LogP contribution in [0.1, 0.15) is 35.0 Å². The maximum atomic E-state index is 13.0. The van der Waals surface area contributed by atoms with Crippen molar-refractivity contribution in [1.29, 1.82) is 0 Å². The van der Waals surface area contributed by atoms with Crippen LogP contribution >= 0.6 is 0 Å². The van der Waals surface area contributed by atoms with E-state index in [1.807, 2.05) is 24.3 Å². The number of amides is 1. The molecule has 1 atom stereocenters. The lowest BCUT2D eigenvalue weighted by molar-refractivity contribution is 0.0699. The van der Waals surface area contributed by atoms with Crippen molar-refractivity contribution in [2.45, 2.75) is 18.8 Å². The number of likely N-dealkylation sites (tertiary alicyclic amines) is 1. The summed E-state index contributed by atoms with van der Waals surface area (Å²) in [7, 11) is 0. The molecule has 1 aliphatic rings. The third kappa shape index (κ3) is 2.77. The van der Waals surface area contributed by atoms with Crippen molar-refractivity contribution in [3.05, 3.63) is 65.8 Å². The maximum Gasteiger partial charge on any atom is 0.253 e. The number of para-hydroxylation sites is 2. The van der Waals surface area contributed by atoms with E-state index in [2.05, 4.69) is 4.98 Å². The van der Waals surface area contributed by atoms with E-state index < -0.39 is 0 Å². The number of piperidine rings is 1. The quantitative estimate of drug-likeness (QED) is 0.716. The number of carbonyl (C=O) groups excluding carboxylic acids is 1. The summed E-state index contributed by atoms with van der Waals surface area (Å²) in [4.78, 5) is 19.0. The first-order valence-corrected chi connectivity index (χ1v) is 8.11. The third-order valence-electron chi connectivity index (χ3n) is 4.46. The van der Waals surface area contributed by atoms with Gasteiger partial charge in [0.1, 0.15) is 11.3 Å². The summed E-state index contributed by atoms with van der Waals surface area (Å²) in [6, 6.07) is 13.4. The van der Waals surface area contributed by atoms with E-state index in [1.165, 1.54) is 24.3 Å². The minimum Gasteiger partial charge on any atom is -0.440 e. The average Bonchev–Trinajstić information content (AvgIpc) is 3.06. The van der Waals surface area contributed by atoms with Gasteiger partial charge in [-0.2, -0.15) is 0 Å². The third-order valence-corrected chi connectivity index (χ3v) is 4.46. The summed E-state index contributed by atoms with van der Waals surface area (Å²) in [5.74, 6) is 0.369. The molecule has 0 N–H and O–H groups in total. The van der Waals surface area contributed by atoms with Gasteiger partial charge in [0.25, 0.3) is 5.91 Å². The van der Waals surface area contributed by atoms with E-state index in [0.717, 1.165) is 23.9 Å². The fourth-order valence-corrected chi connectivity index (χ4v) is 3.20. The highest BCUT2D eigenvalue weighted by Crippen LogP contribution is 2.29. The molecule has 1 aliphatic heterocycles. The lowest BCUT2D eigenvalue weighted by Crippen LogP contribution is -2.39. The zero-order valence-electron chi connectivity index (χ0n) is 13.1. The zero-order valence-corrected chi connectivity index (χ0v) is 13.1. The van der Waals surface area contributed by atoms with Crippen LogP contribution < -0.4 is 0 Å². The molecule has 4 nitrogen and oxygen atoms in total. The monoisotopic (exact) mass is 324 g/mol. The first-order chi connectivity index (χ1) is 11.7. The molecule has 0 saturated carbocycles. The first kappa shape index (κ1) is 14.9. The van der Waals surface area contributed by atoms with Crippen LogP contribution in [0, 0.1) is 5.82 Å². The number of halogens is 1. The van der Waals surface area contributed by atoms with Crippen LogP contribution in [0.4, 0.5) is 4.39 Å². The van der Waals surface area contributed by atoms with Gasteiger partial charge in [-0.3, -0.25) is 4.79 Å². The van der Waals surface area contributed by atoms with Crippen LogP contribution in [-0.4, -0.2) is 28.9 Å². The van der Waals surface area contributed by atoms with Gasteiger partial charge in [0.05, 0.1) is 5.92 Å². The molecule has 0 bridgehead atoms. The van der Waals surface area contributed by atoms with Crippen molar-refractivity contribution in [1.82, 2.24) is 9.88 Å². The van der Waals surface area contributed by atoms with Gasteiger partial charge >= 0.3 is 0 Å². The summed E-state index contributed by atoms with van der Waals surface area (Å²) in [5, 5.41) is 0. The highest BCUT2D eigenvalue weighted by Gasteiger charge is 2.28. The molecule has 122 valence electrons. The normalized spacial score (nSPS) is 18.0. The van der Waals surface area contributed by atoms with Gasteiger partial charge in [-0.05, 0) is 49.2 Å². The zero-order chi connectivity index (χ0) is 16.5. The topological polar surface area (TPSA) is 46.3 Å². The Labute approximate surface area is 138 Å². The van der Waals surface area contributed by atoms with E-state index in [-0.39, 0.29) is 17.6 Å². The molecule has 0 radical (unpaired) electrons. The molecule has 24 heavy (non-hydrogen) atoms. The van der Waals surface area contributed by atoms with Gasteiger partial charge in [-0.25, -0.2) is 9.37 Å². The standard InChI is InChI=1S/C19H17FN2O2/c20-15-9-7-13(8-10-15)19(23)22-11-3-4-14(12-22)18-21-16-5-1-2-6-17(16)24-18/h1-2,5-10,14H,3-4,11-12H2. The number of carbonyl (C=O) groups is 1. The molecule has 4 rings (SSSR count). The summed E-state index contributed by atoms with van der Waals surface area (Å²) >= 11 is 0. The Kier molecular flexibility index (Phi) is 3.76. The molecule has 1 amide bonds. The van der Waals surface area contributed by atoms with Gasteiger partial charge < -0.3 is 9.32 Å². The van der Waals surface area contributed by atoms with Gasteiger partial charge in [0.15, 0.2) is 11.5 Å². The second-order valence-electron chi connectivity index (χ2n) is 6.12. The highest BCUT2D eigenvalue weighted by atomic mass is 19.1. The summed E-state index contributed by atoms with van der Waals surface area (Å²) in [6.07, 6.45) is 1.84. The molecule has 1 aromatic heterocycles. The van der Waals surface area contributed by atoms with Crippen LogP contribution in [0.15, 0.2) is 52.9 Å². The molecule has 1 unspecified atom stereocenters. The average molecular weight is 324 g/mol. The Hall–Kier alpha value is -2.69. The second kappa shape index (κ2) is 6.07. The Morgan fingerprint density at radius 2 is 1.96 bits per heavy atom. The summed E-state index contributed by atoms with van der Waals surface area (Å²) in [5.41, 5.74) is 2.12. The molecule has 1 fully saturated rings. The fourth-order valence-electron chi connectivity index (χ4n) is 3.20. The number of fused-ring (bicyclic) bond motifs is 1. The molecule has 3 aromatic rings. The van der Waals surface area contributed by atoms with E-state index >= 15 is 0 Å². The van der Waals surface area contributed by atoms with E-state index in [9.17, 15) is 9.18 Å². The SMILES string of the molecule is O=C(c1ccc(F)cc1)N1CCCC(c2nc3ccccc3o2)C1. The maximum absolute atomic E-state index is 13.0. The lowest BCUT2D eigenvalue weighted by Gasteiger charge is -2.31. The number of rotatable bonds is 2. The fraction of sp³-hybridized carbons (Fsp3) is 0.263. The smallest absolute Gasteiger partial charge is 0.253 e. The molecule has 0 spiro atoms. The molecule has 1 saturated heterocycles. The van der Waals surface area contributed by atoms with Crippen LogP contribution in [0.3, 0.4) is 0 Å². The molecule has 5 heteroatoms. The minimum atomic E-state index is -0.338. The Morgan fingerprint density at radius 1 is 1.17 bits per heavy atom. The molecule has 0 aliphatic carbocycles. The number of benzene rings is 2. The number of hydrogen-bond donors (Lipinski definition) is 0. The lowest BCUT2D eigenvalue weighted by atomic mass is 9.97. The molecule has 2 aromatic carbocycles. The number of aromatic nitrogens is 1. The van der Waals surface area contributed by atoms with Crippen molar-refractivity contribution in [3.8, 4) is 0 Å². The van der Waals surface area contributed by atoms with Crippen LogP contribution in [0.25, 0.3) is 11.1 Å². The predicted octanol–water partition coefficient (Wildman–Crippen LogP) is 3.99. The molecular formula is C19H17FN2O2. The number of nitrogens with zero attached hydrogens (tertiary/aromatic N) is 2. The van der Waals surface area contributed by atoms with E-state index in [0.29, 0.717) is 24.5 Å². The molecule has 2 heterocycles. The van der Waals surface area contributed by atoms with Crippen LogP contribution in [0.2, 0.25) is 0 Å². The summed E-state index contributed by atoms with van der Waals surface area (Å²) < 4.78 is 18.9. The van der Waals surface area contributed by atoms with Crippen molar-refractivity contribution in [3.63, 3.8) is 0 Å². The first-order valence-electron chi connectivity index (χ1n) is 8.11. The van der Waals surface area contributed by atoms with Gasteiger partial charge in [-0.15, -0.1) is 0 Å². The van der Waals surface area contributed by atoms with Crippen molar-refractivity contribution < 1.29 is 13.6 Å².